The van der Waals surface area contributed by atoms with Crippen molar-refractivity contribution in [1.82, 2.24) is 13.6 Å². The van der Waals surface area contributed by atoms with Gasteiger partial charge >= 0.3 is 0 Å². The first-order valence-electron chi connectivity index (χ1n) is 9.67. The fraction of sp³-hybridized carbons (Fsp3) is 0.526. The number of rotatable bonds is 7. The van der Waals surface area contributed by atoms with Gasteiger partial charge in [0.15, 0.2) is 6.61 Å². The SMILES string of the molecule is O=C(COc1nsnc1N1CCOCC1)Nc1cccc(CN2CCCC2)c1. The molecule has 0 bridgehead atoms. The Morgan fingerprint density at radius 3 is 2.82 bits per heavy atom. The number of hydrogen-bond donors (Lipinski definition) is 1. The predicted octanol–water partition coefficient (Wildman–Crippen LogP) is 1.99. The molecule has 0 aliphatic carbocycles. The molecule has 2 fully saturated rings. The van der Waals surface area contributed by atoms with Crippen LogP contribution in [0, 0.1) is 0 Å². The third kappa shape index (κ3) is 4.98. The molecule has 1 N–H and O–H groups in total. The zero-order chi connectivity index (χ0) is 19.2. The molecule has 1 aromatic heterocycles. The molecule has 9 heteroatoms. The van der Waals surface area contributed by atoms with Gasteiger partial charge in [-0.1, -0.05) is 12.1 Å². The van der Waals surface area contributed by atoms with Crippen LogP contribution >= 0.6 is 11.7 Å². The standard InChI is InChI=1S/C19H25N5O3S/c25-17(14-27-19-18(21-28-22-19)24-8-10-26-11-9-24)20-16-5-3-4-15(12-16)13-23-6-1-2-7-23/h3-5,12H,1-2,6-11,13-14H2,(H,20,25). The summed E-state index contributed by atoms with van der Waals surface area (Å²) in [5, 5.41) is 2.91. The van der Waals surface area contributed by atoms with E-state index < -0.39 is 0 Å². The number of anilines is 2. The molecule has 0 spiro atoms. The van der Waals surface area contributed by atoms with Gasteiger partial charge in [0.1, 0.15) is 0 Å². The lowest BCUT2D eigenvalue weighted by molar-refractivity contribution is -0.118. The van der Waals surface area contributed by atoms with E-state index in [0.29, 0.717) is 24.9 Å². The number of nitrogens with zero attached hydrogens (tertiary/aromatic N) is 4. The summed E-state index contributed by atoms with van der Waals surface area (Å²) in [6.45, 7) is 5.94. The van der Waals surface area contributed by atoms with Crippen LogP contribution in [0.5, 0.6) is 5.88 Å². The number of morpholine rings is 1. The zero-order valence-corrected chi connectivity index (χ0v) is 16.6. The molecule has 28 heavy (non-hydrogen) atoms. The molecule has 1 aromatic carbocycles. The lowest BCUT2D eigenvalue weighted by Crippen LogP contribution is -2.36. The quantitative estimate of drug-likeness (QED) is 0.757. The molecule has 8 nitrogen and oxygen atoms in total. The molecule has 4 rings (SSSR count). The number of aromatic nitrogens is 2. The van der Waals surface area contributed by atoms with E-state index in [-0.39, 0.29) is 12.5 Å². The van der Waals surface area contributed by atoms with Gasteiger partial charge in [-0.3, -0.25) is 9.69 Å². The van der Waals surface area contributed by atoms with Crippen LogP contribution in [-0.4, -0.2) is 65.6 Å². The zero-order valence-electron chi connectivity index (χ0n) is 15.8. The first-order chi connectivity index (χ1) is 13.8. The number of benzene rings is 1. The highest BCUT2D eigenvalue weighted by Crippen LogP contribution is 2.26. The van der Waals surface area contributed by atoms with E-state index in [0.717, 1.165) is 50.1 Å². The van der Waals surface area contributed by atoms with Crippen molar-refractivity contribution in [3.63, 3.8) is 0 Å². The third-order valence-electron chi connectivity index (χ3n) is 4.91. The van der Waals surface area contributed by atoms with E-state index >= 15 is 0 Å². The van der Waals surface area contributed by atoms with Crippen LogP contribution in [0.25, 0.3) is 0 Å². The number of hydrogen-bond acceptors (Lipinski definition) is 8. The van der Waals surface area contributed by atoms with Gasteiger partial charge in [0, 0.05) is 25.3 Å². The van der Waals surface area contributed by atoms with Crippen molar-refractivity contribution in [2.75, 3.05) is 56.2 Å². The highest BCUT2D eigenvalue weighted by molar-refractivity contribution is 6.99. The summed E-state index contributed by atoms with van der Waals surface area (Å²) in [7, 11) is 0. The van der Waals surface area contributed by atoms with Crippen molar-refractivity contribution >= 4 is 29.1 Å². The molecule has 0 atom stereocenters. The summed E-state index contributed by atoms with van der Waals surface area (Å²) in [6, 6.07) is 8.00. The van der Waals surface area contributed by atoms with Crippen molar-refractivity contribution in [1.29, 1.82) is 0 Å². The normalized spacial score (nSPS) is 17.6. The monoisotopic (exact) mass is 403 g/mol. The number of likely N-dealkylation sites (tertiary alicyclic amines) is 1. The van der Waals surface area contributed by atoms with Crippen molar-refractivity contribution in [2.45, 2.75) is 19.4 Å². The lowest BCUT2D eigenvalue weighted by atomic mass is 10.2. The first-order valence-corrected chi connectivity index (χ1v) is 10.4. The van der Waals surface area contributed by atoms with Gasteiger partial charge in [0.25, 0.3) is 11.8 Å². The van der Waals surface area contributed by atoms with Gasteiger partial charge in [-0.05, 0) is 43.6 Å². The van der Waals surface area contributed by atoms with E-state index in [9.17, 15) is 4.79 Å². The molecule has 2 aliphatic heterocycles. The second kappa shape index (κ2) is 9.31. The largest absolute Gasteiger partial charge is 0.464 e. The Balaban J connectivity index is 1.30. The van der Waals surface area contributed by atoms with Crippen molar-refractivity contribution < 1.29 is 14.3 Å². The van der Waals surface area contributed by atoms with Crippen LogP contribution in [-0.2, 0) is 16.1 Å². The highest BCUT2D eigenvalue weighted by Gasteiger charge is 2.20. The fourth-order valence-corrected chi connectivity index (χ4v) is 4.03. The maximum Gasteiger partial charge on any atom is 0.271 e. The predicted molar refractivity (Wildman–Crippen MR) is 108 cm³/mol. The minimum absolute atomic E-state index is 0.0981. The average molecular weight is 404 g/mol. The molecular weight excluding hydrogens is 378 g/mol. The van der Waals surface area contributed by atoms with Crippen molar-refractivity contribution in [3.05, 3.63) is 29.8 Å². The van der Waals surface area contributed by atoms with Gasteiger partial charge in [-0.15, -0.1) is 4.37 Å². The minimum Gasteiger partial charge on any atom is -0.464 e. The number of nitrogens with one attached hydrogen (secondary N) is 1. The smallest absolute Gasteiger partial charge is 0.271 e. The summed E-state index contributed by atoms with van der Waals surface area (Å²) >= 11 is 1.09. The maximum atomic E-state index is 12.3. The molecule has 150 valence electrons. The molecule has 3 heterocycles. The fourth-order valence-electron chi connectivity index (χ4n) is 3.51. The molecule has 0 saturated carbocycles. The Labute approximate surface area is 168 Å². The van der Waals surface area contributed by atoms with E-state index in [1.54, 1.807) is 0 Å². The Morgan fingerprint density at radius 2 is 2.00 bits per heavy atom. The van der Waals surface area contributed by atoms with Crippen LogP contribution in [0.2, 0.25) is 0 Å². The molecule has 2 aromatic rings. The van der Waals surface area contributed by atoms with E-state index in [1.807, 2.05) is 18.2 Å². The summed E-state index contributed by atoms with van der Waals surface area (Å²) in [5.41, 5.74) is 1.99. The van der Waals surface area contributed by atoms with Crippen molar-refractivity contribution in [2.24, 2.45) is 0 Å². The topological polar surface area (TPSA) is 79.8 Å². The molecule has 2 saturated heterocycles. The van der Waals surface area contributed by atoms with E-state index in [4.69, 9.17) is 9.47 Å². The molecule has 1 amide bonds. The van der Waals surface area contributed by atoms with Crippen LogP contribution in [0.1, 0.15) is 18.4 Å². The highest BCUT2D eigenvalue weighted by atomic mass is 32.1. The third-order valence-corrected chi connectivity index (χ3v) is 5.41. The van der Waals surface area contributed by atoms with E-state index in [2.05, 4.69) is 29.9 Å². The van der Waals surface area contributed by atoms with Gasteiger partial charge in [0.2, 0.25) is 5.82 Å². The van der Waals surface area contributed by atoms with E-state index in [1.165, 1.54) is 18.4 Å². The second-order valence-corrected chi connectivity index (χ2v) is 7.54. The number of carbonyl (C=O) groups excluding carboxylic acids is 1. The lowest BCUT2D eigenvalue weighted by Gasteiger charge is -2.26. The van der Waals surface area contributed by atoms with Gasteiger partial charge in [-0.2, -0.15) is 4.37 Å². The van der Waals surface area contributed by atoms with Crippen LogP contribution in [0.15, 0.2) is 24.3 Å². The summed E-state index contributed by atoms with van der Waals surface area (Å²) < 4.78 is 19.5. The average Bonchev–Trinajstić information content (AvgIpc) is 3.39. The molecule has 2 aliphatic rings. The summed E-state index contributed by atoms with van der Waals surface area (Å²) in [4.78, 5) is 16.8. The van der Waals surface area contributed by atoms with Crippen LogP contribution in [0.3, 0.4) is 0 Å². The summed E-state index contributed by atoms with van der Waals surface area (Å²) in [5.74, 6) is 0.887. The number of carbonyl (C=O) groups is 1. The van der Waals surface area contributed by atoms with Crippen molar-refractivity contribution in [3.8, 4) is 5.88 Å². The second-order valence-electron chi connectivity index (χ2n) is 7.01. The minimum atomic E-state index is -0.209. The Hall–Kier alpha value is -2.23. The number of amides is 1. The number of ether oxygens (including phenoxy) is 2. The Morgan fingerprint density at radius 1 is 1.18 bits per heavy atom. The maximum absolute atomic E-state index is 12.3. The molecule has 0 unspecified atom stereocenters. The van der Waals surface area contributed by atoms with Crippen LogP contribution in [0.4, 0.5) is 11.5 Å². The molecular formula is C19H25N5O3S. The Kier molecular flexibility index (Phi) is 6.35. The van der Waals surface area contributed by atoms with Gasteiger partial charge in [-0.25, -0.2) is 0 Å². The van der Waals surface area contributed by atoms with Crippen LogP contribution < -0.4 is 15.0 Å². The van der Waals surface area contributed by atoms with Gasteiger partial charge < -0.3 is 19.7 Å². The molecule has 0 radical (unpaired) electrons. The van der Waals surface area contributed by atoms with Gasteiger partial charge in [0.05, 0.1) is 24.9 Å². The summed E-state index contributed by atoms with van der Waals surface area (Å²) in [6.07, 6.45) is 2.54. The Bertz CT molecular complexity index is 787. The first kappa shape index (κ1) is 19.1.